The van der Waals surface area contributed by atoms with Gasteiger partial charge in [-0.15, -0.1) is 0 Å². The summed E-state index contributed by atoms with van der Waals surface area (Å²) in [6, 6.07) is 7.06. The summed E-state index contributed by atoms with van der Waals surface area (Å²) in [7, 11) is 0. The lowest BCUT2D eigenvalue weighted by Gasteiger charge is -2.13. The summed E-state index contributed by atoms with van der Waals surface area (Å²) in [6.45, 7) is 5.98. The summed E-state index contributed by atoms with van der Waals surface area (Å²) >= 11 is 0. The summed E-state index contributed by atoms with van der Waals surface area (Å²) in [5.41, 5.74) is 2.91. The van der Waals surface area contributed by atoms with Crippen LogP contribution in [0, 0.1) is 0 Å². The molecule has 0 radical (unpaired) electrons. The summed E-state index contributed by atoms with van der Waals surface area (Å²) in [5.74, 6) is 0.989. The number of aryl methyl sites for hydroxylation is 1. The Morgan fingerprint density at radius 1 is 1.44 bits per heavy atom. The van der Waals surface area contributed by atoms with Crippen LogP contribution in [-0.4, -0.2) is 13.2 Å². The number of ether oxygens (including phenoxy) is 1. The molecule has 0 saturated heterocycles. The van der Waals surface area contributed by atoms with Crippen molar-refractivity contribution >= 4 is 0 Å². The van der Waals surface area contributed by atoms with E-state index in [1.54, 1.807) is 0 Å². The quantitative estimate of drug-likeness (QED) is 0.773. The first-order chi connectivity index (χ1) is 8.85. The van der Waals surface area contributed by atoms with Crippen molar-refractivity contribution in [3.05, 3.63) is 41.5 Å². The van der Waals surface area contributed by atoms with Gasteiger partial charge in [0, 0.05) is 6.04 Å². The van der Waals surface area contributed by atoms with Crippen molar-refractivity contribution in [3.63, 3.8) is 0 Å². The van der Waals surface area contributed by atoms with Gasteiger partial charge in [0.15, 0.2) is 0 Å². The number of rotatable bonds is 6. The van der Waals surface area contributed by atoms with Gasteiger partial charge in [0.25, 0.3) is 0 Å². The average Bonchev–Trinajstić information content (AvgIpc) is 2.79. The van der Waals surface area contributed by atoms with Crippen molar-refractivity contribution in [2.24, 2.45) is 0 Å². The highest BCUT2D eigenvalue weighted by Crippen LogP contribution is 2.33. The number of nitrogens with one attached hydrogen (secondary N) is 1. The minimum Gasteiger partial charge on any atom is -0.490 e. The molecule has 1 unspecified atom stereocenters. The first-order valence-corrected chi connectivity index (χ1v) is 6.95. The van der Waals surface area contributed by atoms with Crippen molar-refractivity contribution in [2.45, 2.75) is 39.2 Å². The minimum absolute atomic E-state index is 0.546. The number of allylic oxidation sites excluding steroid dienone is 1. The zero-order valence-corrected chi connectivity index (χ0v) is 11.4. The van der Waals surface area contributed by atoms with E-state index in [2.05, 4.69) is 30.4 Å². The van der Waals surface area contributed by atoms with Gasteiger partial charge in [-0.25, -0.2) is 0 Å². The molecular formula is C16H23NO. The Balaban J connectivity index is 2.00. The fourth-order valence-electron chi connectivity index (χ4n) is 2.45. The molecule has 1 atom stereocenters. The maximum atomic E-state index is 5.68. The van der Waals surface area contributed by atoms with Crippen LogP contribution in [0.5, 0.6) is 5.75 Å². The SMILES string of the molecule is C/C=C/COc1ccc2c(c1)CCC2NCCC. The third-order valence-electron chi connectivity index (χ3n) is 3.41. The Bertz CT molecular complexity index is 412. The van der Waals surface area contributed by atoms with Gasteiger partial charge < -0.3 is 10.1 Å². The monoisotopic (exact) mass is 245 g/mol. The highest BCUT2D eigenvalue weighted by molar-refractivity contribution is 5.40. The third-order valence-corrected chi connectivity index (χ3v) is 3.41. The standard InChI is InChI=1S/C16H23NO/c1-3-5-11-18-14-7-8-15-13(12-14)6-9-16(15)17-10-4-2/h3,5,7-8,12,16-17H,4,6,9-11H2,1-2H3/b5-3+. The van der Waals surface area contributed by atoms with Crippen molar-refractivity contribution < 1.29 is 4.74 Å². The summed E-state index contributed by atoms with van der Waals surface area (Å²) in [6.07, 6.45) is 7.61. The number of fused-ring (bicyclic) bond motifs is 1. The molecule has 98 valence electrons. The second kappa shape index (κ2) is 6.60. The molecule has 0 amide bonds. The minimum atomic E-state index is 0.546. The molecule has 0 aromatic heterocycles. The van der Waals surface area contributed by atoms with Crippen molar-refractivity contribution in [3.8, 4) is 5.75 Å². The summed E-state index contributed by atoms with van der Waals surface area (Å²) < 4.78 is 5.68. The Kier molecular flexibility index (Phi) is 4.82. The Labute approximate surface area is 110 Å². The van der Waals surface area contributed by atoms with Gasteiger partial charge in [-0.05, 0) is 56.0 Å². The summed E-state index contributed by atoms with van der Waals surface area (Å²) in [4.78, 5) is 0. The lowest BCUT2D eigenvalue weighted by molar-refractivity contribution is 0.362. The van der Waals surface area contributed by atoms with Gasteiger partial charge in [0.05, 0.1) is 0 Å². The van der Waals surface area contributed by atoms with E-state index in [-0.39, 0.29) is 0 Å². The van der Waals surface area contributed by atoms with Crippen LogP contribution in [0.4, 0.5) is 0 Å². The van der Waals surface area contributed by atoms with E-state index in [1.807, 2.05) is 19.1 Å². The van der Waals surface area contributed by atoms with E-state index in [0.29, 0.717) is 12.6 Å². The van der Waals surface area contributed by atoms with Crippen molar-refractivity contribution in [2.75, 3.05) is 13.2 Å². The molecule has 1 aliphatic carbocycles. The number of benzene rings is 1. The lowest BCUT2D eigenvalue weighted by Crippen LogP contribution is -2.19. The van der Waals surface area contributed by atoms with E-state index < -0.39 is 0 Å². The van der Waals surface area contributed by atoms with Crippen molar-refractivity contribution in [1.29, 1.82) is 0 Å². The zero-order chi connectivity index (χ0) is 12.8. The molecule has 2 heteroatoms. The van der Waals surface area contributed by atoms with Gasteiger partial charge in [0.1, 0.15) is 12.4 Å². The molecule has 1 N–H and O–H groups in total. The van der Waals surface area contributed by atoms with E-state index >= 15 is 0 Å². The van der Waals surface area contributed by atoms with E-state index in [9.17, 15) is 0 Å². The predicted molar refractivity (Wildman–Crippen MR) is 76.1 cm³/mol. The fourth-order valence-corrected chi connectivity index (χ4v) is 2.45. The lowest BCUT2D eigenvalue weighted by atomic mass is 10.1. The van der Waals surface area contributed by atoms with Crippen LogP contribution >= 0.6 is 0 Å². The van der Waals surface area contributed by atoms with Crippen LogP contribution in [0.1, 0.15) is 43.9 Å². The second-order valence-electron chi connectivity index (χ2n) is 4.79. The predicted octanol–water partition coefficient (Wildman–Crippen LogP) is 3.63. The van der Waals surface area contributed by atoms with Crippen LogP contribution in [-0.2, 0) is 6.42 Å². The van der Waals surface area contributed by atoms with Gasteiger partial charge in [-0.2, -0.15) is 0 Å². The molecule has 0 saturated carbocycles. The van der Waals surface area contributed by atoms with Crippen LogP contribution in [0.3, 0.4) is 0 Å². The molecule has 1 aromatic carbocycles. The van der Waals surface area contributed by atoms with Crippen LogP contribution in [0.15, 0.2) is 30.4 Å². The molecule has 0 fully saturated rings. The van der Waals surface area contributed by atoms with E-state index in [0.717, 1.165) is 18.7 Å². The second-order valence-corrected chi connectivity index (χ2v) is 4.79. The fraction of sp³-hybridized carbons (Fsp3) is 0.500. The van der Waals surface area contributed by atoms with Crippen LogP contribution in [0.25, 0.3) is 0 Å². The number of hydrogen-bond acceptors (Lipinski definition) is 2. The van der Waals surface area contributed by atoms with E-state index in [1.165, 1.54) is 24.0 Å². The van der Waals surface area contributed by atoms with Crippen LogP contribution < -0.4 is 10.1 Å². The Hall–Kier alpha value is -1.28. The highest BCUT2D eigenvalue weighted by Gasteiger charge is 2.21. The van der Waals surface area contributed by atoms with Crippen molar-refractivity contribution in [1.82, 2.24) is 5.32 Å². The smallest absolute Gasteiger partial charge is 0.120 e. The molecular weight excluding hydrogens is 222 g/mol. The molecule has 18 heavy (non-hydrogen) atoms. The van der Waals surface area contributed by atoms with Crippen LogP contribution in [0.2, 0.25) is 0 Å². The van der Waals surface area contributed by atoms with E-state index in [4.69, 9.17) is 4.74 Å². The first-order valence-electron chi connectivity index (χ1n) is 6.95. The maximum absolute atomic E-state index is 5.68. The zero-order valence-electron chi connectivity index (χ0n) is 11.4. The maximum Gasteiger partial charge on any atom is 0.120 e. The molecule has 1 aromatic rings. The number of hydrogen-bond donors (Lipinski definition) is 1. The average molecular weight is 245 g/mol. The summed E-state index contributed by atoms with van der Waals surface area (Å²) in [5, 5.41) is 3.61. The topological polar surface area (TPSA) is 21.3 Å². The highest BCUT2D eigenvalue weighted by atomic mass is 16.5. The molecule has 2 nitrogen and oxygen atoms in total. The van der Waals surface area contributed by atoms with Gasteiger partial charge in [-0.3, -0.25) is 0 Å². The van der Waals surface area contributed by atoms with Gasteiger partial charge >= 0.3 is 0 Å². The molecule has 0 spiro atoms. The molecule has 2 rings (SSSR count). The molecule has 1 aliphatic rings. The third kappa shape index (κ3) is 3.14. The molecule has 0 bridgehead atoms. The largest absolute Gasteiger partial charge is 0.490 e. The van der Waals surface area contributed by atoms with Gasteiger partial charge in [0.2, 0.25) is 0 Å². The van der Waals surface area contributed by atoms with Gasteiger partial charge in [-0.1, -0.05) is 25.1 Å². The normalized spacial score (nSPS) is 18.2. The Morgan fingerprint density at radius 2 is 2.33 bits per heavy atom. The Morgan fingerprint density at radius 3 is 3.11 bits per heavy atom. The molecule has 0 aliphatic heterocycles. The first kappa shape index (κ1) is 13.2. The molecule has 0 heterocycles.